The lowest BCUT2D eigenvalue weighted by atomic mass is 9.75. The molecule has 31 heavy (non-hydrogen) atoms. The number of hydrogen-bond donors (Lipinski definition) is 2. The van der Waals surface area contributed by atoms with Crippen LogP contribution in [0.1, 0.15) is 44.9 Å². The summed E-state index contributed by atoms with van der Waals surface area (Å²) < 4.78 is 0. The van der Waals surface area contributed by atoms with E-state index in [0.717, 1.165) is 59.2 Å². The van der Waals surface area contributed by atoms with Crippen molar-refractivity contribution in [3.05, 3.63) is 54.7 Å². The van der Waals surface area contributed by atoms with Crippen molar-refractivity contribution in [3.63, 3.8) is 0 Å². The molecule has 3 fully saturated rings. The molecule has 158 valence electrons. The largest absolute Gasteiger partial charge is 0.332 e. The van der Waals surface area contributed by atoms with Crippen LogP contribution in [0.25, 0.3) is 22.2 Å². The second-order valence-corrected chi connectivity index (χ2v) is 9.85. The average Bonchev–Trinajstić information content (AvgIpc) is 2.92. The van der Waals surface area contributed by atoms with E-state index < -0.39 is 0 Å². The minimum absolute atomic E-state index is 0.0203. The summed E-state index contributed by atoms with van der Waals surface area (Å²) in [7, 11) is 0. The van der Waals surface area contributed by atoms with E-state index in [4.69, 9.17) is 0 Å². The molecule has 3 saturated carbocycles. The van der Waals surface area contributed by atoms with Gasteiger partial charge in [0.1, 0.15) is 0 Å². The summed E-state index contributed by atoms with van der Waals surface area (Å²) in [4.78, 5) is 22.1. The molecule has 3 aromatic rings. The van der Waals surface area contributed by atoms with Crippen molar-refractivity contribution in [2.75, 3.05) is 5.32 Å². The first-order valence-electron chi connectivity index (χ1n) is 11.6. The van der Waals surface area contributed by atoms with Crippen LogP contribution in [0.4, 0.5) is 10.6 Å². The Morgan fingerprint density at radius 2 is 1.81 bits per heavy atom. The van der Waals surface area contributed by atoms with Crippen molar-refractivity contribution in [1.82, 2.24) is 15.3 Å². The molecular weight excluding hydrogens is 384 g/mol. The maximum atomic E-state index is 12.9. The Hall–Kier alpha value is -2.95. The van der Waals surface area contributed by atoms with E-state index in [2.05, 4.69) is 38.8 Å². The summed E-state index contributed by atoms with van der Waals surface area (Å²) in [5.74, 6) is 2.88. The predicted octanol–water partition coefficient (Wildman–Crippen LogP) is 5.78. The lowest BCUT2D eigenvalue weighted by Crippen LogP contribution is -2.51. The van der Waals surface area contributed by atoms with Gasteiger partial charge in [-0.15, -0.1) is 0 Å². The Morgan fingerprint density at radius 3 is 2.71 bits per heavy atom. The van der Waals surface area contributed by atoms with Crippen molar-refractivity contribution in [2.45, 2.75) is 50.5 Å². The molecule has 1 heterocycles. The smallest absolute Gasteiger partial charge is 0.320 e. The van der Waals surface area contributed by atoms with Crippen molar-refractivity contribution in [1.29, 1.82) is 0 Å². The van der Waals surface area contributed by atoms with E-state index >= 15 is 0 Å². The van der Waals surface area contributed by atoms with Crippen molar-refractivity contribution in [3.8, 4) is 11.1 Å². The van der Waals surface area contributed by atoms with Gasteiger partial charge in [0.15, 0.2) is 5.82 Å². The third-order valence-corrected chi connectivity index (χ3v) is 7.74. The molecule has 0 aliphatic heterocycles. The molecule has 0 radical (unpaired) electrons. The molecule has 3 aliphatic carbocycles. The maximum absolute atomic E-state index is 12.9. The highest BCUT2D eigenvalue weighted by molar-refractivity contribution is 5.90. The Kier molecular flexibility index (Phi) is 4.44. The van der Waals surface area contributed by atoms with Crippen LogP contribution in [-0.4, -0.2) is 21.5 Å². The third-order valence-electron chi connectivity index (χ3n) is 7.74. The minimum atomic E-state index is -0.145. The quantitative estimate of drug-likeness (QED) is 0.573. The van der Waals surface area contributed by atoms with Gasteiger partial charge >= 0.3 is 6.03 Å². The van der Waals surface area contributed by atoms with Gasteiger partial charge in [-0.1, -0.05) is 55.7 Å². The molecule has 5 nitrogen and oxygen atoms in total. The van der Waals surface area contributed by atoms with Crippen LogP contribution in [0.3, 0.4) is 0 Å². The standard InChI is InChI=1S/C26H28N4O/c31-25(30-26-13-17-5-4-8-20(14-26)21(11-17)15-26)29-24-16-27-22-10-9-19(12-23(22)28-24)18-6-2-1-3-7-18/h1-3,6-7,9-10,12,16-17,20-21H,4-5,8,11,13-15H2,(H2,28,29,30,31). The number of urea groups is 1. The summed E-state index contributed by atoms with van der Waals surface area (Å²) in [6, 6.07) is 16.2. The molecule has 0 spiro atoms. The number of anilines is 1. The van der Waals surface area contributed by atoms with E-state index in [-0.39, 0.29) is 11.6 Å². The number of amides is 2. The maximum Gasteiger partial charge on any atom is 0.320 e. The van der Waals surface area contributed by atoms with Gasteiger partial charge in [0.2, 0.25) is 0 Å². The highest BCUT2D eigenvalue weighted by Crippen LogP contribution is 2.55. The first-order valence-corrected chi connectivity index (χ1v) is 11.6. The van der Waals surface area contributed by atoms with Gasteiger partial charge in [0, 0.05) is 5.54 Å². The molecule has 3 aliphatic rings. The van der Waals surface area contributed by atoms with Gasteiger partial charge in [-0.2, -0.15) is 0 Å². The highest BCUT2D eigenvalue weighted by atomic mass is 16.2. The fraction of sp³-hybridized carbons (Fsp3) is 0.423. The van der Waals surface area contributed by atoms with Gasteiger partial charge in [0.05, 0.1) is 17.2 Å². The van der Waals surface area contributed by atoms with E-state index in [9.17, 15) is 4.79 Å². The second kappa shape index (κ2) is 7.33. The molecule has 6 rings (SSSR count). The van der Waals surface area contributed by atoms with Crippen LogP contribution in [0.5, 0.6) is 0 Å². The third kappa shape index (κ3) is 3.56. The molecule has 4 unspecified atom stereocenters. The van der Waals surface area contributed by atoms with Crippen molar-refractivity contribution >= 4 is 22.9 Å². The summed E-state index contributed by atoms with van der Waals surface area (Å²) in [5.41, 5.74) is 3.81. The number of nitrogens with one attached hydrogen (secondary N) is 2. The predicted molar refractivity (Wildman–Crippen MR) is 123 cm³/mol. The molecular formula is C26H28N4O. The van der Waals surface area contributed by atoms with Crippen LogP contribution < -0.4 is 10.6 Å². The van der Waals surface area contributed by atoms with E-state index in [0.29, 0.717) is 5.82 Å². The zero-order valence-corrected chi connectivity index (χ0v) is 17.7. The first kappa shape index (κ1) is 18.8. The zero-order chi connectivity index (χ0) is 20.8. The Balaban J connectivity index is 1.20. The Morgan fingerprint density at radius 1 is 0.935 bits per heavy atom. The fourth-order valence-corrected chi connectivity index (χ4v) is 6.58. The van der Waals surface area contributed by atoms with Gasteiger partial charge < -0.3 is 5.32 Å². The van der Waals surface area contributed by atoms with Crippen LogP contribution in [0.2, 0.25) is 0 Å². The Bertz CT molecular complexity index is 1130. The number of aromatic nitrogens is 2. The molecule has 4 atom stereocenters. The minimum Gasteiger partial charge on any atom is -0.332 e. The van der Waals surface area contributed by atoms with Crippen LogP contribution in [0.15, 0.2) is 54.7 Å². The van der Waals surface area contributed by atoms with Gasteiger partial charge in [-0.3, -0.25) is 10.3 Å². The molecule has 3 bridgehead atoms. The SMILES string of the molecule is O=C(Nc1cnc2ccc(-c3ccccc3)cc2n1)NC12CC3CCCC(C1)C(C3)C2. The van der Waals surface area contributed by atoms with E-state index in [1.165, 1.54) is 25.7 Å². The first-order chi connectivity index (χ1) is 15.2. The van der Waals surface area contributed by atoms with E-state index in [1.54, 1.807) is 6.20 Å². The zero-order valence-electron chi connectivity index (χ0n) is 17.7. The number of carbonyl (C=O) groups excluding carboxylic acids is 1. The van der Waals surface area contributed by atoms with Crippen molar-refractivity contribution < 1.29 is 4.79 Å². The number of benzene rings is 2. The average molecular weight is 413 g/mol. The molecule has 0 saturated heterocycles. The van der Waals surface area contributed by atoms with Gasteiger partial charge in [0.25, 0.3) is 0 Å². The second-order valence-electron chi connectivity index (χ2n) is 9.85. The number of nitrogens with zero attached hydrogens (tertiary/aromatic N) is 2. The van der Waals surface area contributed by atoms with Crippen LogP contribution in [-0.2, 0) is 0 Å². The Labute approximate surface area is 182 Å². The van der Waals surface area contributed by atoms with Gasteiger partial charge in [-0.05, 0) is 66.7 Å². The lowest BCUT2D eigenvalue weighted by Gasteiger charge is -2.38. The number of carbonyl (C=O) groups is 1. The van der Waals surface area contributed by atoms with E-state index in [1.807, 2.05) is 30.3 Å². The normalized spacial score (nSPS) is 29.0. The monoisotopic (exact) mass is 412 g/mol. The lowest BCUT2D eigenvalue weighted by molar-refractivity contribution is 0.183. The summed E-state index contributed by atoms with van der Waals surface area (Å²) in [6.45, 7) is 0. The molecule has 2 aromatic carbocycles. The van der Waals surface area contributed by atoms with Gasteiger partial charge in [-0.25, -0.2) is 9.78 Å². The molecule has 2 N–H and O–H groups in total. The number of hydrogen-bond acceptors (Lipinski definition) is 3. The van der Waals surface area contributed by atoms with Crippen molar-refractivity contribution in [2.24, 2.45) is 17.8 Å². The summed E-state index contributed by atoms with van der Waals surface area (Å²) in [6.07, 6.45) is 10.5. The van der Waals surface area contributed by atoms with Crippen LogP contribution in [0, 0.1) is 17.8 Å². The summed E-state index contributed by atoms with van der Waals surface area (Å²) in [5, 5.41) is 6.33. The highest BCUT2D eigenvalue weighted by Gasteiger charge is 2.52. The fourth-order valence-electron chi connectivity index (χ4n) is 6.58. The number of rotatable bonds is 3. The summed E-state index contributed by atoms with van der Waals surface area (Å²) >= 11 is 0. The number of fused-ring (bicyclic) bond motifs is 3. The molecule has 5 heteroatoms. The topological polar surface area (TPSA) is 66.9 Å². The molecule has 2 amide bonds. The molecule has 1 aromatic heterocycles. The van der Waals surface area contributed by atoms with Crippen LogP contribution >= 0.6 is 0 Å².